The van der Waals surface area contributed by atoms with E-state index in [1.165, 1.54) is 24.3 Å². The lowest BCUT2D eigenvalue weighted by atomic mass is 10.0. The molecule has 2 rings (SSSR count). The van der Waals surface area contributed by atoms with E-state index in [4.69, 9.17) is 65.4 Å². The lowest BCUT2D eigenvalue weighted by Crippen LogP contribution is -2.44. The smallest absolute Gasteiger partial charge is 0.431 e. The lowest BCUT2D eigenvalue weighted by Gasteiger charge is -2.27. The topological polar surface area (TPSA) is 218 Å². The molecule has 0 saturated carbocycles. The highest BCUT2D eigenvalue weighted by Crippen LogP contribution is 2.27. The van der Waals surface area contributed by atoms with Crippen molar-refractivity contribution < 1.29 is 68.8 Å². The van der Waals surface area contributed by atoms with Crippen molar-refractivity contribution in [3.05, 3.63) is 59.7 Å². The first kappa shape index (κ1) is 45.0. The number of benzene rings is 2. The van der Waals surface area contributed by atoms with Crippen LogP contribution in [0.4, 0.5) is 18.4 Å². The van der Waals surface area contributed by atoms with E-state index in [0.29, 0.717) is 0 Å². The Hall–Kier alpha value is -3.20. The predicted molar refractivity (Wildman–Crippen MR) is 182 cm³/mol. The van der Waals surface area contributed by atoms with Crippen LogP contribution in [-0.4, -0.2) is 113 Å². The minimum atomic E-state index is -3.64. The Morgan fingerprint density at radius 2 is 0.962 bits per heavy atom. The van der Waals surface area contributed by atoms with Gasteiger partial charge in [-0.3, -0.25) is 9.59 Å². The molecule has 0 radical (unpaired) electrons. The monoisotopic (exact) mass is 858 g/mol. The van der Waals surface area contributed by atoms with Crippen molar-refractivity contribution in [3.8, 4) is 0 Å². The number of nitrogens with one attached hydrogen (secondary N) is 2. The van der Waals surface area contributed by atoms with E-state index in [0.717, 1.165) is 36.8 Å². The third-order valence-electron chi connectivity index (χ3n) is 6.62. The fourth-order valence-corrected chi connectivity index (χ4v) is 5.62. The molecule has 0 aliphatic carbocycles. The fourth-order valence-electron chi connectivity index (χ4n) is 4.11. The van der Waals surface area contributed by atoms with Gasteiger partial charge in [0.05, 0.1) is 21.9 Å². The van der Waals surface area contributed by atoms with Gasteiger partial charge in [-0.2, -0.15) is 0 Å². The molecule has 2 aromatic rings. The predicted octanol–water partition coefficient (Wildman–Crippen LogP) is 3.46. The molecular weight excluding hydrogens is 828 g/mol. The number of halogens is 6. The number of alkyl halides is 6. The van der Waals surface area contributed by atoms with E-state index in [-0.39, 0.29) is 20.9 Å². The van der Waals surface area contributed by atoms with Gasteiger partial charge in [-0.15, -0.1) is 0 Å². The molecule has 2 amide bonds. The van der Waals surface area contributed by atoms with Gasteiger partial charge in [-0.1, -0.05) is 70.7 Å². The molecule has 0 saturated heterocycles. The molecule has 2 aromatic carbocycles. The quantitative estimate of drug-likeness (QED) is 0.145. The molecule has 0 unspecified atom stereocenters. The standard InChI is InChI=1S/C29H32Cl4F2N2O13S2/c1-51(43,44)18-7-3-15(4-8-18)22(20(11-34)36-26(39)24(30)31)49-28(41)47-13-17(38)14-48-29(42)50-23(21(12-35)37-27(40)25(32)33)16-5-9-19(10-6-16)52(2,45)46/h3-10,17,20-25,38H,11-14H2,1-2H3,(H,36,39)(H,37,40)/t20-,21-,22-,23-/m1/s1. The second-order valence-electron chi connectivity index (χ2n) is 10.7. The summed E-state index contributed by atoms with van der Waals surface area (Å²) in [6.07, 6.45) is -6.17. The van der Waals surface area contributed by atoms with Crippen LogP contribution in [-0.2, 0) is 48.2 Å². The molecule has 0 aliphatic rings. The lowest BCUT2D eigenvalue weighted by molar-refractivity contribution is -0.122. The first-order valence-electron chi connectivity index (χ1n) is 14.4. The minimum absolute atomic E-state index is 0.00974. The summed E-state index contributed by atoms with van der Waals surface area (Å²) in [5, 5.41) is 14.5. The molecule has 0 heterocycles. The van der Waals surface area contributed by atoms with Gasteiger partial charge in [0, 0.05) is 12.5 Å². The summed E-state index contributed by atoms with van der Waals surface area (Å²) in [5.41, 5.74) is 0.0195. The Kier molecular flexibility index (Phi) is 17.6. The van der Waals surface area contributed by atoms with E-state index >= 15 is 0 Å². The van der Waals surface area contributed by atoms with Gasteiger partial charge in [-0.25, -0.2) is 35.2 Å². The van der Waals surface area contributed by atoms with E-state index in [9.17, 15) is 49.9 Å². The van der Waals surface area contributed by atoms with E-state index in [2.05, 4.69) is 10.6 Å². The summed E-state index contributed by atoms with van der Waals surface area (Å²) in [4.78, 5) is 45.7. The Labute approximate surface area is 316 Å². The number of carbonyl (C=O) groups is 4. The van der Waals surface area contributed by atoms with Crippen LogP contribution in [0.5, 0.6) is 0 Å². The number of sulfone groups is 2. The molecular formula is C29H32Cl4F2N2O13S2. The first-order valence-corrected chi connectivity index (χ1v) is 19.9. The number of aliphatic hydroxyl groups is 1. The van der Waals surface area contributed by atoms with Crippen LogP contribution in [0.3, 0.4) is 0 Å². The number of ether oxygens (including phenoxy) is 4. The highest BCUT2D eigenvalue weighted by Gasteiger charge is 2.33. The average molecular weight is 861 g/mol. The zero-order valence-electron chi connectivity index (χ0n) is 26.9. The summed E-state index contributed by atoms with van der Waals surface area (Å²) in [5.74, 6) is -2.09. The van der Waals surface area contributed by atoms with Gasteiger partial charge in [0.25, 0.3) is 11.8 Å². The molecule has 4 atom stereocenters. The normalized spacial score (nSPS) is 14.2. The largest absolute Gasteiger partial charge is 0.509 e. The third kappa shape index (κ3) is 14.3. The van der Waals surface area contributed by atoms with Gasteiger partial charge in [0.15, 0.2) is 41.6 Å². The van der Waals surface area contributed by atoms with Crippen molar-refractivity contribution in [2.24, 2.45) is 0 Å². The number of aliphatic hydroxyl groups excluding tert-OH is 1. The highest BCUT2D eigenvalue weighted by molar-refractivity contribution is 7.91. The molecule has 3 N–H and O–H groups in total. The van der Waals surface area contributed by atoms with Crippen LogP contribution in [0.15, 0.2) is 58.3 Å². The Morgan fingerprint density at radius 1 is 0.654 bits per heavy atom. The maximum atomic E-state index is 14.1. The van der Waals surface area contributed by atoms with Crippen molar-refractivity contribution in [1.82, 2.24) is 10.6 Å². The molecule has 0 fully saturated rings. The maximum absolute atomic E-state index is 14.1. The van der Waals surface area contributed by atoms with Crippen molar-refractivity contribution in [3.63, 3.8) is 0 Å². The Bertz CT molecular complexity index is 1630. The van der Waals surface area contributed by atoms with Crippen molar-refractivity contribution in [2.45, 2.75) is 49.9 Å². The van der Waals surface area contributed by atoms with Gasteiger partial charge in [0.2, 0.25) is 0 Å². The summed E-state index contributed by atoms with van der Waals surface area (Å²) < 4.78 is 95.4. The summed E-state index contributed by atoms with van der Waals surface area (Å²) in [7, 11) is -7.28. The van der Waals surface area contributed by atoms with Gasteiger partial charge in [0.1, 0.15) is 32.7 Å². The molecule has 0 bridgehead atoms. The molecule has 52 heavy (non-hydrogen) atoms. The number of rotatable bonds is 18. The highest BCUT2D eigenvalue weighted by atomic mass is 35.5. The molecule has 290 valence electrons. The summed E-state index contributed by atoms with van der Waals surface area (Å²) in [6.45, 7) is -4.44. The van der Waals surface area contributed by atoms with Crippen LogP contribution < -0.4 is 10.6 Å². The van der Waals surface area contributed by atoms with Crippen molar-refractivity contribution in [1.29, 1.82) is 0 Å². The number of hydrogen-bond donors (Lipinski definition) is 3. The van der Waals surface area contributed by atoms with E-state index in [1.807, 2.05) is 0 Å². The molecule has 15 nitrogen and oxygen atoms in total. The zero-order chi connectivity index (χ0) is 39.4. The average Bonchev–Trinajstić information content (AvgIpc) is 3.08. The van der Waals surface area contributed by atoms with Crippen molar-refractivity contribution >= 4 is 90.2 Å². The van der Waals surface area contributed by atoms with E-state index < -0.39 is 110 Å². The molecule has 0 aliphatic heterocycles. The summed E-state index contributed by atoms with van der Waals surface area (Å²) >= 11 is 22.1. The van der Waals surface area contributed by atoms with Crippen LogP contribution >= 0.6 is 46.4 Å². The van der Waals surface area contributed by atoms with Crippen LogP contribution in [0, 0.1) is 0 Å². The molecule has 0 spiro atoms. The first-order chi connectivity index (χ1) is 24.2. The second kappa shape index (κ2) is 20.3. The van der Waals surface area contributed by atoms with Gasteiger partial charge < -0.3 is 34.7 Å². The maximum Gasteiger partial charge on any atom is 0.509 e. The Morgan fingerprint density at radius 3 is 1.21 bits per heavy atom. The minimum Gasteiger partial charge on any atom is -0.431 e. The van der Waals surface area contributed by atoms with Crippen molar-refractivity contribution in [2.75, 3.05) is 39.1 Å². The SMILES string of the molecule is CS(=O)(=O)c1ccc([C@@H](OC(=O)OCC(O)COC(=O)O[C@H](c2ccc(S(C)(=O)=O)cc2)[C@@H](CF)NC(=O)C(Cl)Cl)[C@@H](CF)NC(=O)C(Cl)Cl)cc1. The number of hydrogen-bond acceptors (Lipinski definition) is 13. The zero-order valence-corrected chi connectivity index (χ0v) is 31.6. The van der Waals surface area contributed by atoms with Crippen LogP contribution in [0.25, 0.3) is 0 Å². The summed E-state index contributed by atoms with van der Waals surface area (Å²) in [6, 6.07) is 6.11. The number of carbonyl (C=O) groups excluding carboxylic acids is 4. The fraction of sp³-hybridized carbons (Fsp3) is 0.448. The van der Waals surface area contributed by atoms with E-state index in [1.54, 1.807) is 0 Å². The third-order valence-corrected chi connectivity index (χ3v) is 9.67. The molecule has 23 heteroatoms. The number of amides is 2. The van der Waals surface area contributed by atoms with Gasteiger partial charge >= 0.3 is 12.3 Å². The molecule has 0 aromatic heterocycles. The Balaban J connectivity index is 2.13. The second-order valence-corrected chi connectivity index (χ2v) is 16.9. The van der Waals surface area contributed by atoms with Crippen LogP contribution in [0.2, 0.25) is 0 Å². The van der Waals surface area contributed by atoms with Crippen LogP contribution in [0.1, 0.15) is 23.3 Å². The van der Waals surface area contributed by atoms with Gasteiger partial charge in [-0.05, 0) is 35.4 Å².